The van der Waals surface area contributed by atoms with Crippen LogP contribution in [0.1, 0.15) is 13.8 Å². The van der Waals surface area contributed by atoms with Crippen molar-refractivity contribution in [2.75, 3.05) is 27.2 Å². The zero-order valence-electron chi connectivity index (χ0n) is 12.0. The lowest BCUT2D eigenvalue weighted by atomic mass is 10.5. The molecule has 0 saturated heterocycles. The smallest absolute Gasteiger partial charge is 0.421 e. The highest BCUT2D eigenvalue weighted by Crippen LogP contribution is 2.36. The van der Waals surface area contributed by atoms with Crippen LogP contribution in [0.4, 0.5) is 26.3 Å². The van der Waals surface area contributed by atoms with Crippen LogP contribution in [-0.2, 0) is 20.0 Å². The van der Waals surface area contributed by atoms with Crippen LogP contribution in [0.5, 0.6) is 0 Å². The van der Waals surface area contributed by atoms with E-state index in [1.165, 1.54) is 13.1 Å². The average Bonchev–Trinajstić information content (AvgIpc) is 2.25. The Morgan fingerprint density at radius 1 is 0.773 bits per heavy atom. The topological polar surface area (TPSA) is 82.4 Å². The maximum atomic E-state index is 11.4. The van der Waals surface area contributed by atoms with Gasteiger partial charge < -0.3 is 8.61 Å². The minimum Gasteiger partial charge on any atom is -0.421 e. The fraction of sp³-hybridized carbons (Fsp3) is 1.00. The molecular weight excluding hydrogens is 366 g/mol. The van der Waals surface area contributed by atoms with E-state index in [1.54, 1.807) is 0 Å². The van der Waals surface area contributed by atoms with Gasteiger partial charge in [-0.25, -0.2) is 16.8 Å². The average molecular weight is 382 g/mol. The Morgan fingerprint density at radius 2 is 1.00 bits per heavy atom. The zero-order chi connectivity index (χ0) is 18.6. The van der Waals surface area contributed by atoms with Crippen molar-refractivity contribution in [1.29, 1.82) is 0 Å². The van der Waals surface area contributed by atoms with Crippen molar-refractivity contribution in [3.63, 3.8) is 0 Å². The predicted molar refractivity (Wildman–Crippen MR) is 66.5 cm³/mol. The Morgan fingerprint density at radius 3 is 1.09 bits per heavy atom. The molecule has 0 aromatic heterocycles. The molecule has 0 aromatic carbocycles. The van der Waals surface area contributed by atoms with E-state index in [1.807, 2.05) is 0 Å². The Bertz CT molecular complexity index is 502. The fourth-order valence-electron chi connectivity index (χ4n) is 0.437. The molecule has 0 atom stereocenters. The summed E-state index contributed by atoms with van der Waals surface area (Å²) in [6.07, 6.45) is 0. The van der Waals surface area contributed by atoms with E-state index in [0.717, 1.165) is 8.61 Å². The molecular formula is C8H16F6N2O4S2. The van der Waals surface area contributed by atoms with Crippen molar-refractivity contribution >= 4 is 20.0 Å². The van der Waals surface area contributed by atoms with Gasteiger partial charge >= 0.3 is 11.0 Å². The van der Waals surface area contributed by atoms with Gasteiger partial charge in [0, 0.05) is 0 Å². The van der Waals surface area contributed by atoms with Gasteiger partial charge in [0.1, 0.15) is 0 Å². The monoisotopic (exact) mass is 382 g/mol. The van der Waals surface area contributed by atoms with E-state index in [9.17, 15) is 43.2 Å². The van der Waals surface area contributed by atoms with Crippen LogP contribution >= 0.6 is 0 Å². The second-order valence-corrected chi connectivity index (χ2v) is 7.91. The Balaban J connectivity index is 0. The van der Waals surface area contributed by atoms with Crippen LogP contribution in [0, 0.1) is 0 Å². The fourth-order valence-corrected chi connectivity index (χ4v) is 2.15. The highest BCUT2D eigenvalue weighted by Gasteiger charge is 2.46. The number of hydrogen-bond acceptors (Lipinski definition) is 4. The third-order valence-electron chi connectivity index (χ3n) is 2.49. The largest absolute Gasteiger partial charge is 0.480 e. The maximum absolute atomic E-state index is 11.4. The van der Waals surface area contributed by atoms with Crippen molar-refractivity contribution < 1.29 is 47.7 Å². The minimum absolute atomic E-state index is 0.778. The van der Waals surface area contributed by atoms with E-state index in [-0.39, 0.29) is 0 Å². The third-order valence-corrected chi connectivity index (χ3v) is 5.23. The molecule has 0 aliphatic heterocycles. The molecule has 0 unspecified atom stereocenters. The molecule has 0 heterocycles. The van der Waals surface area contributed by atoms with Crippen LogP contribution in [0.15, 0.2) is 0 Å². The Labute approximate surface area is 124 Å². The number of halogens is 6. The Hall–Kier alpha value is -0.600. The summed E-state index contributed by atoms with van der Waals surface area (Å²) < 4.78 is 110. The quantitative estimate of drug-likeness (QED) is 0.551. The molecule has 0 aliphatic rings. The number of rotatable bonds is 4. The minimum atomic E-state index is -6.72. The van der Waals surface area contributed by atoms with E-state index >= 15 is 0 Å². The van der Waals surface area contributed by atoms with E-state index in [4.69, 9.17) is 0 Å². The Kier molecular flexibility index (Phi) is 7.87. The van der Waals surface area contributed by atoms with Gasteiger partial charge in [-0.05, 0) is 13.8 Å². The molecule has 0 fully saturated rings. The first-order chi connectivity index (χ1) is 9.33. The lowest BCUT2D eigenvalue weighted by molar-refractivity contribution is -0.886. The molecule has 14 heteroatoms. The second-order valence-electron chi connectivity index (χ2n) is 4.48. The number of nitrogens with zero attached hydrogens (tertiary/aromatic N) is 2. The van der Waals surface area contributed by atoms with Gasteiger partial charge in [0.2, 0.25) is 0 Å². The SMILES string of the molecule is CC[N+](C)(C)CC.O=S(=O)([N-]S(=O)(=O)C(F)(F)F)C(F)(F)F. The predicted octanol–water partition coefficient (Wildman–Crippen LogP) is 2.16. The first-order valence-corrected chi connectivity index (χ1v) is 8.40. The summed E-state index contributed by atoms with van der Waals surface area (Å²) in [7, 11) is -8.97. The van der Waals surface area contributed by atoms with Crippen LogP contribution in [0.3, 0.4) is 0 Å². The number of quaternary nitrogens is 1. The molecule has 0 aromatic rings. The summed E-state index contributed by atoms with van der Waals surface area (Å²) in [5, 5.41) is 0. The highest BCUT2D eigenvalue weighted by molar-refractivity contribution is 8.13. The molecule has 22 heavy (non-hydrogen) atoms. The third kappa shape index (κ3) is 7.60. The molecule has 0 radical (unpaired) electrons. The summed E-state index contributed by atoms with van der Waals surface area (Å²) in [5.41, 5.74) is -12.4. The normalized spacial score (nSPS) is 14.3. The van der Waals surface area contributed by atoms with Crippen LogP contribution in [0.2, 0.25) is 0 Å². The summed E-state index contributed by atoms with van der Waals surface area (Å²) in [6, 6.07) is 0. The molecule has 136 valence electrons. The lowest BCUT2D eigenvalue weighted by Crippen LogP contribution is -2.38. The van der Waals surface area contributed by atoms with Crippen molar-refractivity contribution in [2.45, 2.75) is 24.9 Å². The van der Waals surface area contributed by atoms with Crippen molar-refractivity contribution in [1.82, 2.24) is 0 Å². The first kappa shape index (κ1) is 23.7. The van der Waals surface area contributed by atoms with Gasteiger partial charge in [-0.2, -0.15) is 26.3 Å². The van der Waals surface area contributed by atoms with Crippen molar-refractivity contribution in [2.24, 2.45) is 0 Å². The molecule has 0 rings (SSSR count). The molecule has 6 nitrogen and oxygen atoms in total. The van der Waals surface area contributed by atoms with Gasteiger partial charge in [-0.1, -0.05) is 0 Å². The van der Waals surface area contributed by atoms with Gasteiger partial charge in [-0.15, -0.1) is 0 Å². The summed E-state index contributed by atoms with van der Waals surface area (Å²) in [5.74, 6) is 0. The summed E-state index contributed by atoms with van der Waals surface area (Å²) >= 11 is 0. The van der Waals surface area contributed by atoms with E-state index in [0.29, 0.717) is 0 Å². The van der Waals surface area contributed by atoms with E-state index < -0.39 is 31.1 Å². The summed E-state index contributed by atoms with van der Waals surface area (Å²) in [4.78, 5) is 0. The van der Waals surface area contributed by atoms with Gasteiger partial charge in [0.15, 0.2) is 20.0 Å². The molecule has 0 aliphatic carbocycles. The van der Waals surface area contributed by atoms with Crippen molar-refractivity contribution in [3.05, 3.63) is 4.13 Å². The van der Waals surface area contributed by atoms with Crippen LogP contribution < -0.4 is 0 Å². The number of hydrogen-bond donors (Lipinski definition) is 0. The standard InChI is InChI=1S/C6H16N.C2F6NO4S2/c1-5-7(3,4)6-2;3-1(4,5)14(10,11)9-15(12,13)2(6,7)8/h5-6H2,1-4H3;/q+1;-1. The molecule has 0 bridgehead atoms. The first-order valence-electron chi connectivity index (χ1n) is 5.52. The molecule has 0 spiro atoms. The number of sulfonamides is 2. The summed E-state index contributed by atoms with van der Waals surface area (Å²) in [6.45, 7) is 6.89. The van der Waals surface area contributed by atoms with E-state index in [2.05, 4.69) is 27.9 Å². The second kappa shape index (κ2) is 7.31. The maximum Gasteiger partial charge on any atom is 0.480 e. The van der Waals surface area contributed by atoms with Gasteiger partial charge in [0.25, 0.3) is 0 Å². The van der Waals surface area contributed by atoms with Gasteiger partial charge in [-0.3, -0.25) is 0 Å². The zero-order valence-corrected chi connectivity index (χ0v) is 13.7. The van der Waals surface area contributed by atoms with Crippen LogP contribution in [-0.4, -0.2) is 59.5 Å². The highest BCUT2D eigenvalue weighted by atomic mass is 32.3. The molecule has 0 N–H and O–H groups in total. The molecule has 0 amide bonds. The van der Waals surface area contributed by atoms with Crippen LogP contribution in [0.25, 0.3) is 4.13 Å². The van der Waals surface area contributed by atoms with Gasteiger partial charge in [0.05, 0.1) is 27.2 Å². The lowest BCUT2D eigenvalue weighted by Gasteiger charge is -2.25. The van der Waals surface area contributed by atoms with Crippen molar-refractivity contribution in [3.8, 4) is 0 Å². The molecule has 0 saturated carbocycles. The number of alkyl halides is 6.